The van der Waals surface area contributed by atoms with Crippen LogP contribution in [0, 0.1) is 6.92 Å². The lowest BCUT2D eigenvalue weighted by atomic mass is 10.2. The average molecular weight is 308 g/mol. The molecule has 1 unspecified atom stereocenters. The van der Waals surface area contributed by atoms with Crippen molar-refractivity contribution < 1.29 is 9.47 Å². The molecule has 22 heavy (non-hydrogen) atoms. The van der Waals surface area contributed by atoms with Crippen LogP contribution in [0.5, 0.6) is 0 Å². The first-order chi connectivity index (χ1) is 10.6. The zero-order valence-electron chi connectivity index (χ0n) is 12.8. The zero-order valence-corrected chi connectivity index (χ0v) is 12.8. The number of imidazole rings is 1. The standard InChI is InChI=1S/C14H20N4O4/c1-9-15-12-11(13(19)16-14(20)17(12)2)18(9)6-8-22-10-5-3-4-7-21-10/h10H,3-8H2,1-2H3,(H,16,19,20). The molecule has 2 aromatic rings. The molecule has 8 heteroatoms. The largest absolute Gasteiger partial charge is 0.353 e. The molecule has 1 saturated heterocycles. The SMILES string of the molecule is Cc1nc2c(c(=O)[nH]c(=O)n2C)n1CCOC1CCCCO1. The van der Waals surface area contributed by atoms with Crippen molar-refractivity contribution in [3.63, 3.8) is 0 Å². The Hall–Kier alpha value is -1.93. The van der Waals surface area contributed by atoms with E-state index in [2.05, 4.69) is 9.97 Å². The fourth-order valence-corrected chi connectivity index (χ4v) is 2.74. The van der Waals surface area contributed by atoms with E-state index in [-0.39, 0.29) is 6.29 Å². The molecular weight excluding hydrogens is 288 g/mol. The molecule has 1 N–H and O–H groups in total. The summed E-state index contributed by atoms with van der Waals surface area (Å²) in [4.78, 5) is 30.3. The summed E-state index contributed by atoms with van der Waals surface area (Å²) in [7, 11) is 1.59. The van der Waals surface area contributed by atoms with E-state index in [1.807, 2.05) is 0 Å². The third-order valence-electron chi connectivity index (χ3n) is 3.95. The molecule has 0 amide bonds. The van der Waals surface area contributed by atoms with E-state index < -0.39 is 11.2 Å². The number of hydrogen-bond acceptors (Lipinski definition) is 5. The highest BCUT2D eigenvalue weighted by Crippen LogP contribution is 2.14. The molecule has 8 nitrogen and oxygen atoms in total. The number of aromatic amines is 1. The molecule has 1 aliphatic heterocycles. The van der Waals surface area contributed by atoms with Crippen LogP contribution in [0.1, 0.15) is 25.1 Å². The Kier molecular flexibility index (Phi) is 4.12. The predicted molar refractivity (Wildman–Crippen MR) is 79.9 cm³/mol. The number of rotatable bonds is 4. The second kappa shape index (κ2) is 6.05. The van der Waals surface area contributed by atoms with Gasteiger partial charge in [-0.25, -0.2) is 9.78 Å². The molecule has 0 aliphatic carbocycles. The van der Waals surface area contributed by atoms with Crippen LogP contribution in [0.2, 0.25) is 0 Å². The van der Waals surface area contributed by atoms with Crippen molar-refractivity contribution in [2.45, 2.75) is 39.0 Å². The number of aromatic nitrogens is 4. The van der Waals surface area contributed by atoms with Crippen LogP contribution >= 0.6 is 0 Å². The highest BCUT2D eigenvalue weighted by atomic mass is 16.7. The lowest BCUT2D eigenvalue weighted by Crippen LogP contribution is -2.29. The van der Waals surface area contributed by atoms with Gasteiger partial charge in [0.1, 0.15) is 5.82 Å². The van der Waals surface area contributed by atoms with Gasteiger partial charge < -0.3 is 14.0 Å². The lowest BCUT2D eigenvalue weighted by molar-refractivity contribution is -0.163. The number of ether oxygens (including phenoxy) is 2. The molecule has 0 spiro atoms. The van der Waals surface area contributed by atoms with Crippen molar-refractivity contribution in [2.24, 2.45) is 7.05 Å². The Labute approximate surface area is 126 Å². The van der Waals surface area contributed by atoms with Crippen LogP contribution in [0.3, 0.4) is 0 Å². The number of aryl methyl sites for hydroxylation is 2. The van der Waals surface area contributed by atoms with Crippen LogP contribution in [0.25, 0.3) is 11.2 Å². The van der Waals surface area contributed by atoms with E-state index in [0.29, 0.717) is 30.1 Å². The van der Waals surface area contributed by atoms with Gasteiger partial charge in [-0.15, -0.1) is 0 Å². The van der Waals surface area contributed by atoms with E-state index in [0.717, 1.165) is 25.9 Å². The summed E-state index contributed by atoms with van der Waals surface area (Å²) in [5.41, 5.74) is -0.102. The Morgan fingerprint density at radius 2 is 2.23 bits per heavy atom. The number of nitrogens with zero attached hydrogens (tertiary/aromatic N) is 3. The zero-order chi connectivity index (χ0) is 15.7. The molecule has 0 radical (unpaired) electrons. The molecular formula is C14H20N4O4. The van der Waals surface area contributed by atoms with E-state index in [4.69, 9.17) is 9.47 Å². The van der Waals surface area contributed by atoms with Gasteiger partial charge in [-0.2, -0.15) is 0 Å². The summed E-state index contributed by atoms with van der Waals surface area (Å²) in [5, 5.41) is 0. The Balaban J connectivity index is 1.81. The minimum atomic E-state index is -0.464. The lowest BCUT2D eigenvalue weighted by Gasteiger charge is -2.22. The molecule has 0 bridgehead atoms. The highest BCUT2D eigenvalue weighted by molar-refractivity contribution is 5.70. The van der Waals surface area contributed by atoms with Gasteiger partial charge in [0.15, 0.2) is 17.5 Å². The van der Waals surface area contributed by atoms with Gasteiger partial charge in [0.05, 0.1) is 6.61 Å². The Bertz CT molecular complexity index is 782. The maximum atomic E-state index is 12.1. The van der Waals surface area contributed by atoms with Crippen molar-refractivity contribution >= 4 is 11.2 Å². The van der Waals surface area contributed by atoms with Crippen LogP contribution in [-0.2, 0) is 23.1 Å². The normalized spacial score (nSPS) is 18.9. The molecule has 0 saturated carbocycles. The van der Waals surface area contributed by atoms with Crippen LogP contribution in [0.4, 0.5) is 0 Å². The molecule has 1 atom stereocenters. The summed E-state index contributed by atoms with van der Waals surface area (Å²) in [6.45, 7) is 3.46. The first-order valence-corrected chi connectivity index (χ1v) is 7.47. The summed E-state index contributed by atoms with van der Waals surface area (Å²) in [6.07, 6.45) is 2.93. The van der Waals surface area contributed by atoms with E-state index in [1.165, 1.54) is 4.57 Å². The van der Waals surface area contributed by atoms with Gasteiger partial charge in [-0.1, -0.05) is 0 Å². The Morgan fingerprint density at radius 1 is 1.41 bits per heavy atom. The summed E-state index contributed by atoms with van der Waals surface area (Å²) in [6, 6.07) is 0. The van der Waals surface area contributed by atoms with Gasteiger partial charge in [-0.05, 0) is 26.2 Å². The van der Waals surface area contributed by atoms with Crippen LogP contribution in [-0.4, -0.2) is 38.6 Å². The molecule has 1 fully saturated rings. The smallest absolute Gasteiger partial charge is 0.329 e. The van der Waals surface area contributed by atoms with Crippen LogP contribution in [0.15, 0.2) is 9.59 Å². The van der Waals surface area contributed by atoms with Crippen LogP contribution < -0.4 is 11.2 Å². The molecule has 0 aromatic carbocycles. The molecule has 3 rings (SSSR count). The summed E-state index contributed by atoms with van der Waals surface area (Å²) >= 11 is 0. The molecule has 1 aliphatic rings. The molecule has 120 valence electrons. The number of hydrogen-bond donors (Lipinski definition) is 1. The minimum Gasteiger partial charge on any atom is -0.353 e. The van der Waals surface area contributed by atoms with E-state index in [1.54, 1.807) is 18.5 Å². The van der Waals surface area contributed by atoms with Crippen molar-refractivity contribution in [1.82, 2.24) is 19.1 Å². The van der Waals surface area contributed by atoms with Crippen molar-refractivity contribution in [3.8, 4) is 0 Å². The monoisotopic (exact) mass is 308 g/mol. The third-order valence-corrected chi connectivity index (χ3v) is 3.95. The number of H-pyrrole nitrogens is 1. The van der Waals surface area contributed by atoms with E-state index in [9.17, 15) is 9.59 Å². The minimum absolute atomic E-state index is 0.161. The van der Waals surface area contributed by atoms with Crippen molar-refractivity contribution in [1.29, 1.82) is 0 Å². The predicted octanol–water partition coefficient (Wildman–Crippen LogP) is 0.275. The summed E-state index contributed by atoms with van der Waals surface area (Å²) in [5.74, 6) is 0.676. The third kappa shape index (κ3) is 2.71. The van der Waals surface area contributed by atoms with Gasteiger partial charge in [0, 0.05) is 20.2 Å². The van der Waals surface area contributed by atoms with Gasteiger partial charge in [-0.3, -0.25) is 14.3 Å². The molecule has 3 heterocycles. The Morgan fingerprint density at radius 3 is 2.95 bits per heavy atom. The number of fused-ring (bicyclic) bond motifs is 1. The van der Waals surface area contributed by atoms with Crippen molar-refractivity contribution in [2.75, 3.05) is 13.2 Å². The summed E-state index contributed by atoms with van der Waals surface area (Å²) < 4.78 is 14.3. The van der Waals surface area contributed by atoms with Gasteiger partial charge >= 0.3 is 5.69 Å². The van der Waals surface area contributed by atoms with E-state index >= 15 is 0 Å². The second-order valence-corrected chi connectivity index (χ2v) is 5.47. The van der Waals surface area contributed by atoms with Gasteiger partial charge in [0.2, 0.25) is 0 Å². The topological polar surface area (TPSA) is 91.1 Å². The fraction of sp³-hybridized carbons (Fsp3) is 0.643. The maximum Gasteiger partial charge on any atom is 0.329 e. The highest BCUT2D eigenvalue weighted by Gasteiger charge is 2.17. The first kappa shape index (κ1) is 15.0. The first-order valence-electron chi connectivity index (χ1n) is 7.47. The van der Waals surface area contributed by atoms with Crippen molar-refractivity contribution in [3.05, 3.63) is 26.7 Å². The second-order valence-electron chi connectivity index (χ2n) is 5.47. The van der Waals surface area contributed by atoms with Gasteiger partial charge in [0.25, 0.3) is 5.56 Å². The quantitative estimate of drug-likeness (QED) is 0.875. The molecule has 2 aromatic heterocycles. The fourth-order valence-electron chi connectivity index (χ4n) is 2.74. The number of nitrogens with one attached hydrogen (secondary N) is 1. The maximum absolute atomic E-state index is 12.1. The average Bonchev–Trinajstić information content (AvgIpc) is 2.84.